The van der Waals surface area contributed by atoms with Gasteiger partial charge in [0, 0.05) is 42.4 Å². The first-order valence-electron chi connectivity index (χ1n) is 10.4. The van der Waals surface area contributed by atoms with Crippen molar-refractivity contribution in [1.29, 1.82) is 0 Å². The van der Waals surface area contributed by atoms with Gasteiger partial charge in [0.25, 0.3) is 10.2 Å². The molecule has 0 bridgehead atoms. The van der Waals surface area contributed by atoms with Gasteiger partial charge in [-0.15, -0.1) is 0 Å². The van der Waals surface area contributed by atoms with E-state index >= 15 is 4.39 Å². The highest BCUT2D eigenvalue weighted by atomic mass is 32.2. The minimum absolute atomic E-state index is 0.0624. The molecule has 0 aliphatic carbocycles. The Morgan fingerprint density at radius 1 is 1.31 bits per heavy atom. The van der Waals surface area contributed by atoms with Crippen LogP contribution in [-0.2, 0) is 16.6 Å². The Bertz CT molecular complexity index is 1470. The summed E-state index contributed by atoms with van der Waals surface area (Å²) in [5.41, 5.74) is 5.16. The zero-order chi connectivity index (χ0) is 25.6. The quantitative estimate of drug-likeness (QED) is 0.284. The molecule has 2 heterocycles. The second-order valence-electron chi connectivity index (χ2n) is 7.24. The van der Waals surface area contributed by atoms with Gasteiger partial charge in [-0.25, -0.2) is 19.2 Å². The van der Waals surface area contributed by atoms with E-state index in [0.717, 1.165) is 6.20 Å². The van der Waals surface area contributed by atoms with Crippen LogP contribution in [0, 0.1) is 6.92 Å². The number of fused-ring (bicyclic) bond motifs is 1. The van der Waals surface area contributed by atoms with Crippen molar-refractivity contribution in [2.45, 2.75) is 20.3 Å². The normalized spacial score (nSPS) is 12.5. The average Bonchev–Trinajstić information content (AvgIpc) is 2.80. The van der Waals surface area contributed by atoms with Gasteiger partial charge in [0.1, 0.15) is 17.2 Å². The lowest BCUT2D eigenvalue weighted by atomic mass is 9.98. The molecule has 4 N–H and O–H groups in total. The van der Waals surface area contributed by atoms with Gasteiger partial charge in [0.2, 0.25) is 0 Å². The molecule has 12 heteroatoms. The molecule has 0 aliphatic heterocycles. The monoisotopic (exact) mass is 501 g/mol. The van der Waals surface area contributed by atoms with E-state index in [-0.39, 0.29) is 35.7 Å². The van der Waals surface area contributed by atoms with E-state index in [1.165, 1.54) is 24.5 Å². The molecule has 0 fully saturated rings. The smallest absolute Gasteiger partial charge is 0.340 e. The van der Waals surface area contributed by atoms with Gasteiger partial charge in [0.05, 0.1) is 5.70 Å². The van der Waals surface area contributed by atoms with Crippen molar-refractivity contribution in [3.63, 3.8) is 0 Å². The summed E-state index contributed by atoms with van der Waals surface area (Å²) >= 11 is 0. The van der Waals surface area contributed by atoms with E-state index < -0.39 is 27.4 Å². The van der Waals surface area contributed by atoms with Crippen molar-refractivity contribution in [3.8, 4) is 11.8 Å². The summed E-state index contributed by atoms with van der Waals surface area (Å²) in [5.74, 6) is -0.611. The van der Waals surface area contributed by atoms with Crippen LogP contribution in [0.3, 0.4) is 0 Å². The standard InChI is InChI=1S/C23H24FN5O5S/c1-4-28-35(31,32)29-15(3)21(24)16(8-9-25)12-19-14(2)18-7-6-17(13-20(18)34-22(19)30)33-23-26-10-5-11-27-23/h5-11,13,28-29H,3-4,12,25H2,1-2H3/b9-8-,21-16-. The van der Waals surface area contributed by atoms with Crippen LogP contribution in [0.5, 0.6) is 11.8 Å². The molecular formula is C23H24FN5O5S. The van der Waals surface area contributed by atoms with Crippen LogP contribution in [-0.4, -0.2) is 24.9 Å². The lowest BCUT2D eigenvalue weighted by Gasteiger charge is -2.13. The molecular weight excluding hydrogens is 477 g/mol. The Morgan fingerprint density at radius 2 is 2.03 bits per heavy atom. The number of aromatic nitrogens is 2. The number of nitrogens with zero attached hydrogens (tertiary/aromatic N) is 2. The highest BCUT2D eigenvalue weighted by Gasteiger charge is 2.19. The zero-order valence-electron chi connectivity index (χ0n) is 19.0. The number of aryl methyl sites for hydroxylation is 1. The summed E-state index contributed by atoms with van der Waals surface area (Å²) in [7, 11) is -4.00. The fourth-order valence-corrected chi connectivity index (χ4v) is 4.10. The van der Waals surface area contributed by atoms with E-state index in [1.807, 2.05) is 4.72 Å². The first-order valence-corrected chi connectivity index (χ1v) is 11.9. The minimum Gasteiger partial charge on any atom is -0.424 e. The zero-order valence-corrected chi connectivity index (χ0v) is 19.9. The van der Waals surface area contributed by atoms with Gasteiger partial charge in [-0.3, -0.25) is 4.72 Å². The van der Waals surface area contributed by atoms with Gasteiger partial charge in [-0.2, -0.15) is 13.1 Å². The third kappa shape index (κ3) is 6.31. The van der Waals surface area contributed by atoms with Crippen molar-refractivity contribution in [3.05, 3.63) is 94.2 Å². The fraction of sp³-hybridized carbons (Fsp3) is 0.174. The summed E-state index contributed by atoms with van der Waals surface area (Å²) in [6.45, 7) is 6.81. The van der Waals surface area contributed by atoms with E-state index in [2.05, 4.69) is 21.3 Å². The predicted octanol–water partition coefficient (Wildman–Crippen LogP) is 2.88. The van der Waals surface area contributed by atoms with Gasteiger partial charge < -0.3 is 14.9 Å². The van der Waals surface area contributed by atoms with Crippen LogP contribution in [0.4, 0.5) is 4.39 Å². The van der Waals surface area contributed by atoms with Crippen LogP contribution in [0.25, 0.3) is 11.0 Å². The van der Waals surface area contributed by atoms with E-state index in [9.17, 15) is 13.2 Å². The van der Waals surface area contributed by atoms with Gasteiger partial charge >= 0.3 is 11.6 Å². The van der Waals surface area contributed by atoms with E-state index in [4.69, 9.17) is 14.9 Å². The second-order valence-corrected chi connectivity index (χ2v) is 8.74. The molecule has 3 aromatic rings. The highest BCUT2D eigenvalue weighted by Crippen LogP contribution is 2.28. The summed E-state index contributed by atoms with van der Waals surface area (Å²) in [6.07, 6.45) is 5.14. The van der Waals surface area contributed by atoms with E-state index in [1.54, 1.807) is 32.0 Å². The molecule has 35 heavy (non-hydrogen) atoms. The van der Waals surface area contributed by atoms with Crippen LogP contribution in [0.15, 0.2) is 81.8 Å². The maximum atomic E-state index is 15.1. The van der Waals surface area contributed by atoms with Crippen molar-refractivity contribution in [1.82, 2.24) is 19.4 Å². The summed E-state index contributed by atoms with van der Waals surface area (Å²) in [5, 5.41) is 0.601. The fourth-order valence-electron chi connectivity index (χ4n) is 3.23. The Hall–Kier alpha value is -4.03. The number of hydrogen-bond acceptors (Lipinski definition) is 8. The molecule has 3 rings (SSSR count). The molecule has 0 saturated carbocycles. The largest absolute Gasteiger partial charge is 0.424 e. The number of benzene rings is 1. The molecule has 0 unspecified atom stereocenters. The minimum atomic E-state index is -4.00. The molecule has 0 atom stereocenters. The Labute approximate surface area is 201 Å². The predicted molar refractivity (Wildman–Crippen MR) is 129 cm³/mol. The molecule has 0 saturated heterocycles. The van der Waals surface area contributed by atoms with Crippen LogP contribution in [0.1, 0.15) is 18.1 Å². The number of halogens is 1. The maximum Gasteiger partial charge on any atom is 0.340 e. The molecule has 0 aliphatic rings. The average molecular weight is 502 g/mol. The number of rotatable bonds is 10. The second kappa shape index (κ2) is 10.9. The van der Waals surface area contributed by atoms with Gasteiger partial charge in [-0.1, -0.05) is 13.5 Å². The topological polar surface area (TPSA) is 149 Å². The van der Waals surface area contributed by atoms with Crippen LogP contribution < -0.4 is 25.5 Å². The maximum absolute atomic E-state index is 15.1. The van der Waals surface area contributed by atoms with Crippen molar-refractivity contribution in [2.75, 3.05) is 6.54 Å². The summed E-state index contributed by atoms with van der Waals surface area (Å²) in [4.78, 5) is 20.8. The molecule has 0 spiro atoms. The molecule has 10 nitrogen and oxygen atoms in total. The Kier molecular flexibility index (Phi) is 7.99. The van der Waals surface area contributed by atoms with E-state index in [0.29, 0.717) is 16.7 Å². The van der Waals surface area contributed by atoms with Crippen molar-refractivity contribution in [2.24, 2.45) is 5.73 Å². The third-order valence-electron chi connectivity index (χ3n) is 4.81. The molecule has 184 valence electrons. The number of hydrogen-bond donors (Lipinski definition) is 3. The molecule has 0 amide bonds. The van der Waals surface area contributed by atoms with Crippen LogP contribution in [0.2, 0.25) is 0 Å². The first-order chi connectivity index (χ1) is 16.6. The molecule has 1 aromatic carbocycles. The lowest BCUT2D eigenvalue weighted by molar-refractivity contribution is 0.440. The van der Waals surface area contributed by atoms with Crippen molar-refractivity contribution >= 4 is 21.2 Å². The number of nitrogens with two attached hydrogens (primary N) is 1. The van der Waals surface area contributed by atoms with Crippen LogP contribution >= 0.6 is 0 Å². The van der Waals surface area contributed by atoms with Gasteiger partial charge in [0.15, 0.2) is 0 Å². The number of nitrogens with one attached hydrogen (secondary N) is 2. The lowest BCUT2D eigenvalue weighted by Crippen LogP contribution is -2.35. The Morgan fingerprint density at radius 3 is 2.69 bits per heavy atom. The van der Waals surface area contributed by atoms with Crippen molar-refractivity contribution < 1.29 is 22.0 Å². The molecule has 2 aromatic heterocycles. The first kappa shape index (κ1) is 25.6. The molecule has 0 radical (unpaired) electrons. The highest BCUT2D eigenvalue weighted by molar-refractivity contribution is 7.87. The SMILES string of the molecule is C=C(NS(=O)(=O)NCC)/C(F)=C(\C=C/N)Cc1c(C)c2ccc(Oc3ncccn3)cc2oc1=O. The number of ether oxygens (including phenoxy) is 1. The van der Waals surface area contributed by atoms with Gasteiger partial charge in [-0.05, 0) is 48.5 Å². The summed E-state index contributed by atoms with van der Waals surface area (Å²) in [6, 6.07) is 6.65. The summed E-state index contributed by atoms with van der Waals surface area (Å²) < 4.78 is 54.1. The Balaban J connectivity index is 1.96. The number of allylic oxidation sites excluding steroid dienone is 3. The third-order valence-corrected chi connectivity index (χ3v) is 6.00.